The van der Waals surface area contributed by atoms with Crippen LogP contribution in [-0.2, 0) is 16.1 Å². The number of carbonyl (C=O) groups excluding carboxylic acids is 2. The van der Waals surface area contributed by atoms with Gasteiger partial charge in [0.1, 0.15) is 11.5 Å². The van der Waals surface area contributed by atoms with Gasteiger partial charge in [-0.25, -0.2) is 5.43 Å². The van der Waals surface area contributed by atoms with Gasteiger partial charge < -0.3 is 14.5 Å². The second kappa shape index (κ2) is 9.63. The first kappa shape index (κ1) is 18.7. The van der Waals surface area contributed by atoms with E-state index in [1.807, 2.05) is 13.0 Å². The Morgan fingerprint density at radius 1 is 1.32 bits per heavy atom. The van der Waals surface area contributed by atoms with E-state index in [9.17, 15) is 9.59 Å². The standard InChI is InChI=1S/C17H18BrN3O4/c1-2-7-25-15-6-5-13(18)9-12(15)10-20-21-17(23)16(22)19-11-14-4-3-8-24-14/h3-6,8-10H,2,7,11H2,1H3,(H,19,22)(H,21,23)/b20-10-. The van der Waals surface area contributed by atoms with Crippen molar-refractivity contribution in [2.45, 2.75) is 19.9 Å². The number of nitrogens with zero attached hydrogens (tertiary/aromatic N) is 1. The van der Waals surface area contributed by atoms with E-state index >= 15 is 0 Å². The van der Waals surface area contributed by atoms with Gasteiger partial charge in [0.25, 0.3) is 0 Å². The Labute approximate surface area is 153 Å². The number of hydrogen-bond acceptors (Lipinski definition) is 5. The van der Waals surface area contributed by atoms with Gasteiger partial charge in [-0.05, 0) is 36.8 Å². The molecule has 0 saturated carbocycles. The van der Waals surface area contributed by atoms with Crippen LogP contribution in [0.5, 0.6) is 5.75 Å². The molecule has 0 aliphatic heterocycles. The largest absolute Gasteiger partial charge is 0.493 e. The number of rotatable bonds is 7. The number of amides is 2. The zero-order chi connectivity index (χ0) is 18.1. The number of hydrogen-bond donors (Lipinski definition) is 2. The summed E-state index contributed by atoms with van der Waals surface area (Å²) in [6.45, 7) is 2.71. The third-order valence-corrected chi connectivity index (χ3v) is 3.51. The molecule has 0 bridgehead atoms. The Hall–Kier alpha value is -2.61. The molecule has 2 amide bonds. The number of furan rings is 1. The molecule has 0 atom stereocenters. The van der Waals surface area contributed by atoms with Crippen LogP contribution < -0.4 is 15.5 Å². The molecular weight excluding hydrogens is 390 g/mol. The minimum absolute atomic E-state index is 0.129. The van der Waals surface area contributed by atoms with Gasteiger partial charge in [-0.15, -0.1) is 0 Å². The molecule has 25 heavy (non-hydrogen) atoms. The van der Waals surface area contributed by atoms with Crippen molar-refractivity contribution >= 4 is 34.0 Å². The SMILES string of the molecule is CCCOc1ccc(Br)cc1/C=N\NC(=O)C(=O)NCc1ccco1. The maximum Gasteiger partial charge on any atom is 0.329 e. The summed E-state index contributed by atoms with van der Waals surface area (Å²) in [5.74, 6) is -0.471. The Morgan fingerprint density at radius 2 is 2.16 bits per heavy atom. The summed E-state index contributed by atoms with van der Waals surface area (Å²) >= 11 is 3.37. The molecule has 0 fully saturated rings. The molecule has 0 spiro atoms. The van der Waals surface area contributed by atoms with E-state index in [1.165, 1.54) is 12.5 Å². The van der Waals surface area contributed by atoms with Gasteiger partial charge in [-0.1, -0.05) is 22.9 Å². The lowest BCUT2D eigenvalue weighted by Gasteiger charge is -2.08. The summed E-state index contributed by atoms with van der Waals surface area (Å²) < 4.78 is 11.5. The molecule has 2 rings (SSSR count). The minimum Gasteiger partial charge on any atom is -0.493 e. The van der Waals surface area contributed by atoms with E-state index in [0.29, 0.717) is 23.7 Å². The third-order valence-electron chi connectivity index (χ3n) is 3.01. The molecule has 2 aromatic rings. The number of hydrazone groups is 1. The molecule has 1 heterocycles. The predicted octanol–water partition coefficient (Wildman–Crippen LogP) is 2.60. The average Bonchev–Trinajstić information content (AvgIpc) is 3.12. The normalized spacial score (nSPS) is 10.6. The van der Waals surface area contributed by atoms with Crippen molar-refractivity contribution in [2.24, 2.45) is 5.10 Å². The van der Waals surface area contributed by atoms with Crippen LogP contribution >= 0.6 is 15.9 Å². The van der Waals surface area contributed by atoms with Crippen LogP contribution in [-0.4, -0.2) is 24.6 Å². The molecule has 1 aromatic heterocycles. The number of halogens is 1. The highest BCUT2D eigenvalue weighted by Gasteiger charge is 2.12. The lowest BCUT2D eigenvalue weighted by molar-refractivity contribution is -0.139. The summed E-state index contributed by atoms with van der Waals surface area (Å²) in [4.78, 5) is 23.4. The van der Waals surface area contributed by atoms with E-state index in [4.69, 9.17) is 9.15 Å². The van der Waals surface area contributed by atoms with E-state index in [2.05, 4.69) is 31.8 Å². The first-order valence-electron chi connectivity index (χ1n) is 7.66. The van der Waals surface area contributed by atoms with Crippen molar-refractivity contribution in [1.29, 1.82) is 0 Å². The van der Waals surface area contributed by atoms with Crippen molar-refractivity contribution in [2.75, 3.05) is 6.61 Å². The number of carbonyl (C=O) groups is 2. The molecule has 8 heteroatoms. The molecule has 0 aliphatic carbocycles. The second-order valence-electron chi connectivity index (χ2n) is 4.99. The fourth-order valence-corrected chi connectivity index (χ4v) is 2.21. The van der Waals surface area contributed by atoms with Crippen LogP contribution in [0.15, 0.2) is 50.6 Å². The maximum atomic E-state index is 11.7. The smallest absolute Gasteiger partial charge is 0.329 e. The molecule has 2 N–H and O–H groups in total. The monoisotopic (exact) mass is 407 g/mol. The molecular formula is C17H18BrN3O4. The first-order chi connectivity index (χ1) is 12.1. The average molecular weight is 408 g/mol. The van der Waals surface area contributed by atoms with Crippen molar-refractivity contribution in [3.8, 4) is 5.75 Å². The van der Waals surface area contributed by atoms with Gasteiger partial charge in [-0.2, -0.15) is 5.10 Å². The number of benzene rings is 1. The van der Waals surface area contributed by atoms with Gasteiger partial charge in [0.05, 0.1) is 25.6 Å². The fourth-order valence-electron chi connectivity index (χ4n) is 1.84. The van der Waals surface area contributed by atoms with Crippen LogP contribution in [0.3, 0.4) is 0 Å². The van der Waals surface area contributed by atoms with Crippen molar-refractivity contribution in [3.05, 3.63) is 52.4 Å². The maximum absolute atomic E-state index is 11.7. The van der Waals surface area contributed by atoms with E-state index in [1.54, 1.807) is 24.3 Å². The molecule has 1 aromatic carbocycles. The fraction of sp³-hybridized carbons (Fsp3) is 0.235. The van der Waals surface area contributed by atoms with E-state index < -0.39 is 11.8 Å². The van der Waals surface area contributed by atoms with Crippen LogP contribution in [0.25, 0.3) is 0 Å². The number of nitrogens with one attached hydrogen (secondary N) is 2. The Kier molecular flexibility index (Phi) is 7.21. The lowest BCUT2D eigenvalue weighted by Crippen LogP contribution is -2.37. The quantitative estimate of drug-likeness (QED) is 0.419. The molecule has 0 unspecified atom stereocenters. The van der Waals surface area contributed by atoms with E-state index in [0.717, 1.165) is 10.9 Å². The molecule has 0 saturated heterocycles. The third kappa shape index (κ3) is 6.07. The van der Waals surface area contributed by atoms with Crippen LogP contribution in [0, 0.1) is 0 Å². The zero-order valence-electron chi connectivity index (χ0n) is 13.6. The van der Waals surface area contributed by atoms with Crippen LogP contribution in [0.1, 0.15) is 24.7 Å². The zero-order valence-corrected chi connectivity index (χ0v) is 15.2. The topological polar surface area (TPSA) is 92.9 Å². The van der Waals surface area contributed by atoms with Crippen molar-refractivity contribution < 1.29 is 18.7 Å². The van der Waals surface area contributed by atoms with Gasteiger partial charge in [0, 0.05) is 10.0 Å². The van der Waals surface area contributed by atoms with Crippen molar-refractivity contribution in [3.63, 3.8) is 0 Å². The highest BCUT2D eigenvalue weighted by molar-refractivity contribution is 9.10. The summed E-state index contributed by atoms with van der Waals surface area (Å²) in [7, 11) is 0. The Morgan fingerprint density at radius 3 is 2.88 bits per heavy atom. The van der Waals surface area contributed by atoms with Crippen LogP contribution in [0.4, 0.5) is 0 Å². The summed E-state index contributed by atoms with van der Waals surface area (Å²) in [5.41, 5.74) is 2.86. The van der Waals surface area contributed by atoms with Gasteiger partial charge >= 0.3 is 11.8 Å². The van der Waals surface area contributed by atoms with Gasteiger partial charge in [0.2, 0.25) is 0 Å². The predicted molar refractivity (Wildman–Crippen MR) is 96.2 cm³/mol. The summed E-state index contributed by atoms with van der Waals surface area (Å²) in [6, 6.07) is 8.85. The molecule has 0 radical (unpaired) electrons. The highest BCUT2D eigenvalue weighted by Crippen LogP contribution is 2.21. The Balaban J connectivity index is 1.89. The first-order valence-corrected chi connectivity index (χ1v) is 8.45. The second-order valence-corrected chi connectivity index (χ2v) is 5.91. The highest BCUT2D eigenvalue weighted by atomic mass is 79.9. The summed E-state index contributed by atoms with van der Waals surface area (Å²) in [5, 5.41) is 6.24. The lowest BCUT2D eigenvalue weighted by atomic mass is 10.2. The van der Waals surface area contributed by atoms with Gasteiger partial charge in [0.15, 0.2) is 0 Å². The molecule has 0 aliphatic rings. The van der Waals surface area contributed by atoms with E-state index in [-0.39, 0.29) is 6.54 Å². The molecule has 132 valence electrons. The van der Waals surface area contributed by atoms with Gasteiger partial charge in [-0.3, -0.25) is 9.59 Å². The van der Waals surface area contributed by atoms with Crippen LogP contribution in [0.2, 0.25) is 0 Å². The van der Waals surface area contributed by atoms with Crippen molar-refractivity contribution in [1.82, 2.24) is 10.7 Å². The Bertz CT molecular complexity index is 744. The number of ether oxygens (including phenoxy) is 1. The minimum atomic E-state index is -0.867. The summed E-state index contributed by atoms with van der Waals surface area (Å²) in [6.07, 6.45) is 3.79. The molecule has 7 nitrogen and oxygen atoms in total.